The van der Waals surface area contributed by atoms with Gasteiger partial charge in [0.15, 0.2) is 0 Å². The fourth-order valence-corrected chi connectivity index (χ4v) is 1.14. The number of pyridine rings is 1. The molecular weight excluding hydrogens is 206 g/mol. The summed E-state index contributed by atoms with van der Waals surface area (Å²) in [7, 11) is 0. The maximum Gasteiger partial charge on any atom is 0.237 e. The van der Waals surface area contributed by atoms with E-state index in [2.05, 4.69) is 4.98 Å². The molecule has 0 spiro atoms. The largest absolute Gasteiger partial charge is 0.471 e. The van der Waals surface area contributed by atoms with Gasteiger partial charge >= 0.3 is 0 Å². The summed E-state index contributed by atoms with van der Waals surface area (Å²) >= 11 is 0. The summed E-state index contributed by atoms with van der Waals surface area (Å²) in [6.45, 7) is 4.91. The molecule has 0 saturated heterocycles. The van der Waals surface area contributed by atoms with Crippen LogP contribution in [0.3, 0.4) is 0 Å². The minimum atomic E-state index is -0.123. The van der Waals surface area contributed by atoms with E-state index in [1.807, 2.05) is 19.9 Å². The molecule has 1 aromatic rings. The molecule has 0 aromatic carbocycles. The van der Waals surface area contributed by atoms with Gasteiger partial charge in [0.2, 0.25) is 5.88 Å². The Kier molecular flexibility index (Phi) is 4.55. The number of hydrogen-bond acceptors (Lipinski definition) is 5. The SMILES string of the molecule is CCOCC(C)Oc1ncc(C#N)cc1N. The fraction of sp³-hybridized carbons (Fsp3) is 0.455. The van der Waals surface area contributed by atoms with Crippen LogP contribution in [0.5, 0.6) is 5.88 Å². The molecule has 0 fully saturated rings. The van der Waals surface area contributed by atoms with Gasteiger partial charge in [0.05, 0.1) is 17.9 Å². The lowest BCUT2D eigenvalue weighted by molar-refractivity contribution is 0.0638. The lowest BCUT2D eigenvalue weighted by Crippen LogP contribution is -2.20. The maximum atomic E-state index is 8.64. The Balaban J connectivity index is 2.64. The summed E-state index contributed by atoms with van der Waals surface area (Å²) in [5.41, 5.74) is 6.48. The van der Waals surface area contributed by atoms with E-state index in [9.17, 15) is 0 Å². The number of hydrogen-bond donors (Lipinski definition) is 1. The van der Waals surface area contributed by atoms with Crippen LogP contribution in [-0.4, -0.2) is 24.3 Å². The summed E-state index contributed by atoms with van der Waals surface area (Å²) in [6, 6.07) is 3.50. The van der Waals surface area contributed by atoms with Crippen molar-refractivity contribution in [3.63, 3.8) is 0 Å². The Morgan fingerprint density at radius 2 is 2.38 bits per heavy atom. The first-order valence-corrected chi connectivity index (χ1v) is 5.07. The molecule has 1 atom stereocenters. The van der Waals surface area contributed by atoms with Crippen molar-refractivity contribution in [1.82, 2.24) is 4.98 Å². The third kappa shape index (κ3) is 3.41. The normalized spacial score (nSPS) is 11.8. The maximum absolute atomic E-state index is 8.64. The fourth-order valence-electron chi connectivity index (χ4n) is 1.14. The summed E-state index contributed by atoms with van der Waals surface area (Å²) in [5, 5.41) is 8.64. The van der Waals surface area contributed by atoms with Gasteiger partial charge in [0.1, 0.15) is 12.2 Å². The molecule has 0 aliphatic heterocycles. The van der Waals surface area contributed by atoms with Crippen molar-refractivity contribution < 1.29 is 9.47 Å². The van der Waals surface area contributed by atoms with Crippen LogP contribution >= 0.6 is 0 Å². The number of aromatic nitrogens is 1. The van der Waals surface area contributed by atoms with Crippen LogP contribution in [0.1, 0.15) is 19.4 Å². The van der Waals surface area contributed by atoms with Crippen LogP contribution in [0, 0.1) is 11.3 Å². The topological polar surface area (TPSA) is 81.2 Å². The first-order chi connectivity index (χ1) is 7.67. The van der Waals surface area contributed by atoms with Crippen molar-refractivity contribution in [3.05, 3.63) is 17.8 Å². The van der Waals surface area contributed by atoms with Gasteiger partial charge in [0.25, 0.3) is 0 Å². The Hall–Kier alpha value is -1.80. The highest BCUT2D eigenvalue weighted by molar-refractivity contribution is 5.51. The van der Waals surface area contributed by atoms with Crippen molar-refractivity contribution in [2.45, 2.75) is 20.0 Å². The highest BCUT2D eigenvalue weighted by Crippen LogP contribution is 2.19. The monoisotopic (exact) mass is 221 g/mol. The van der Waals surface area contributed by atoms with E-state index >= 15 is 0 Å². The van der Waals surface area contributed by atoms with E-state index in [-0.39, 0.29) is 6.10 Å². The van der Waals surface area contributed by atoms with Crippen LogP contribution in [-0.2, 0) is 4.74 Å². The van der Waals surface area contributed by atoms with Crippen molar-refractivity contribution in [2.75, 3.05) is 18.9 Å². The molecule has 0 saturated carbocycles. The third-order valence-electron chi connectivity index (χ3n) is 1.88. The number of nitrogens with zero attached hydrogens (tertiary/aromatic N) is 2. The van der Waals surface area contributed by atoms with Gasteiger partial charge < -0.3 is 15.2 Å². The number of anilines is 1. The lowest BCUT2D eigenvalue weighted by atomic mass is 10.3. The second kappa shape index (κ2) is 5.93. The Morgan fingerprint density at radius 3 is 2.94 bits per heavy atom. The van der Waals surface area contributed by atoms with Crippen LogP contribution in [0.4, 0.5) is 5.69 Å². The Bertz CT molecular complexity index is 387. The zero-order valence-corrected chi connectivity index (χ0v) is 9.43. The van der Waals surface area contributed by atoms with Crippen molar-refractivity contribution in [1.29, 1.82) is 5.26 Å². The second-order valence-corrected chi connectivity index (χ2v) is 3.32. The predicted molar refractivity (Wildman–Crippen MR) is 59.9 cm³/mol. The van der Waals surface area contributed by atoms with Gasteiger partial charge in [-0.15, -0.1) is 0 Å². The van der Waals surface area contributed by atoms with Gasteiger partial charge in [0, 0.05) is 12.8 Å². The number of nitriles is 1. The average Bonchev–Trinajstić information content (AvgIpc) is 2.29. The molecule has 1 rings (SSSR count). The van der Waals surface area contributed by atoms with E-state index in [0.717, 1.165) is 0 Å². The van der Waals surface area contributed by atoms with Gasteiger partial charge in [-0.2, -0.15) is 5.26 Å². The van der Waals surface area contributed by atoms with Crippen LogP contribution in [0.2, 0.25) is 0 Å². The van der Waals surface area contributed by atoms with Crippen molar-refractivity contribution >= 4 is 5.69 Å². The third-order valence-corrected chi connectivity index (χ3v) is 1.88. The highest BCUT2D eigenvalue weighted by Gasteiger charge is 2.08. The average molecular weight is 221 g/mol. The van der Waals surface area contributed by atoms with Gasteiger partial charge in [-0.05, 0) is 19.9 Å². The minimum Gasteiger partial charge on any atom is -0.471 e. The molecule has 1 heterocycles. The molecule has 2 N–H and O–H groups in total. The van der Waals surface area contributed by atoms with Crippen LogP contribution in [0.25, 0.3) is 0 Å². The minimum absolute atomic E-state index is 0.123. The molecule has 86 valence electrons. The highest BCUT2D eigenvalue weighted by atomic mass is 16.5. The van der Waals surface area contributed by atoms with E-state index in [0.29, 0.717) is 30.3 Å². The molecule has 1 aromatic heterocycles. The molecule has 5 nitrogen and oxygen atoms in total. The zero-order chi connectivity index (χ0) is 12.0. The summed E-state index contributed by atoms with van der Waals surface area (Å²) in [5.74, 6) is 0.339. The van der Waals surface area contributed by atoms with E-state index < -0.39 is 0 Å². The smallest absolute Gasteiger partial charge is 0.237 e. The van der Waals surface area contributed by atoms with Crippen LogP contribution < -0.4 is 10.5 Å². The van der Waals surface area contributed by atoms with Gasteiger partial charge in [-0.25, -0.2) is 4.98 Å². The first-order valence-electron chi connectivity index (χ1n) is 5.07. The molecule has 5 heteroatoms. The molecule has 0 aliphatic carbocycles. The molecule has 16 heavy (non-hydrogen) atoms. The van der Waals surface area contributed by atoms with E-state index in [1.165, 1.54) is 12.3 Å². The number of nitrogen functional groups attached to an aromatic ring is 1. The first kappa shape index (κ1) is 12.3. The zero-order valence-electron chi connectivity index (χ0n) is 9.43. The lowest BCUT2D eigenvalue weighted by Gasteiger charge is -2.14. The number of nitrogens with two attached hydrogens (primary N) is 1. The van der Waals surface area contributed by atoms with Gasteiger partial charge in [-0.1, -0.05) is 0 Å². The number of ether oxygens (including phenoxy) is 2. The summed E-state index contributed by atoms with van der Waals surface area (Å²) in [4.78, 5) is 3.97. The standard InChI is InChI=1S/C11H15N3O2/c1-3-15-7-8(2)16-11-10(13)4-9(5-12)6-14-11/h4,6,8H,3,7,13H2,1-2H3. The molecule has 0 radical (unpaired) electrons. The van der Waals surface area contributed by atoms with Crippen molar-refractivity contribution in [2.24, 2.45) is 0 Å². The van der Waals surface area contributed by atoms with E-state index in [4.69, 9.17) is 20.5 Å². The molecular formula is C11H15N3O2. The summed E-state index contributed by atoms with van der Waals surface area (Å²) < 4.78 is 10.7. The molecule has 0 aliphatic rings. The number of rotatable bonds is 5. The molecule has 1 unspecified atom stereocenters. The summed E-state index contributed by atoms with van der Waals surface area (Å²) in [6.07, 6.45) is 1.31. The Labute approximate surface area is 94.8 Å². The Morgan fingerprint density at radius 1 is 1.62 bits per heavy atom. The molecule has 0 bridgehead atoms. The second-order valence-electron chi connectivity index (χ2n) is 3.32. The molecule has 0 amide bonds. The predicted octanol–water partition coefficient (Wildman–Crippen LogP) is 1.34. The van der Waals surface area contributed by atoms with Gasteiger partial charge in [-0.3, -0.25) is 0 Å². The van der Waals surface area contributed by atoms with E-state index in [1.54, 1.807) is 0 Å². The van der Waals surface area contributed by atoms with Crippen LogP contribution in [0.15, 0.2) is 12.3 Å². The van der Waals surface area contributed by atoms with Crippen molar-refractivity contribution in [3.8, 4) is 11.9 Å². The quantitative estimate of drug-likeness (QED) is 0.811.